The summed E-state index contributed by atoms with van der Waals surface area (Å²) < 4.78 is 4.93. The number of hydrogen-bond donors (Lipinski definition) is 0. The lowest BCUT2D eigenvalue weighted by Gasteiger charge is -2.06. The van der Waals surface area contributed by atoms with Gasteiger partial charge < -0.3 is 4.74 Å². The molecule has 0 atom stereocenters. The minimum absolute atomic E-state index is 0.265. The minimum Gasteiger partial charge on any atom is -0.463 e. The first kappa shape index (κ1) is 11.4. The van der Waals surface area contributed by atoms with Crippen molar-refractivity contribution in [1.29, 1.82) is 0 Å². The molecule has 0 aliphatic rings. The maximum Gasteiger partial charge on any atom is 0.333 e. The maximum atomic E-state index is 11.5. The van der Waals surface area contributed by atoms with Gasteiger partial charge >= 0.3 is 5.97 Å². The zero-order valence-corrected chi connectivity index (χ0v) is 9.28. The molecule has 0 unspecified atom stereocenters. The molecular weight excluding hydrogens is 190 g/mol. The number of pyridine rings is 1. The van der Waals surface area contributed by atoms with Crippen LogP contribution in [0, 0.1) is 0 Å². The van der Waals surface area contributed by atoms with E-state index < -0.39 is 0 Å². The van der Waals surface area contributed by atoms with Gasteiger partial charge in [0.05, 0.1) is 6.61 Å². The molecule has 0 saturated carbocycles. The number of carbonyl (C=O) groups excluding carboxylic acids is 1. The smallest absolute Gasteiger partial charge is 0.333 e. The standard InChI is InChI=1S/C12H15NO2/c1-4-15-12(14)10(3)9(2)11-6-5-7-13-8-11/h5-8H,4H2,1-3H3/b10-9+. The fraction of sp³-hybridized carbons (Fsp3) is 0.333. The Hall–Kier alpha value is -1.64. The number of nitrogens with zero attached hydrogens (tertiary/aromatic N) is 1. The van der Waals surface area contributed by atoms with Crippen molar-refractivity contribution >= 4 is 11.5 Å². The molecule has 0 aliphatic carbocycles. The van der Waals surface area contributed by atoms with Gasteiger partial charge in [-0.1, -0.05) is 6.07 Å². The molecular formula is C12H15NO2. The molecule has 3 heteroatoms. The quantitative estimate of drug-likeness (QED) is 0.562. The molecule has 0 aliphatic heterocycles. The predicted molar refractivity (Wildman–Crippen MR) is 59.1 cm³/mol. The lowest BCUT2D eigenvalue weighted by molar-refractivity contribution is -0.138. The van der Waals surface area contributed by atoms with Crippen LogP contribution in [0.4, 0.5) is 0 Å². The molecule has 3 nitrogen and oxygen atoms in total. The van der Waals surface area contributed by atoms with Crippen LogP contribution in [0.1, 0.15) is 26.3 Å². The molecule has 80 valence electrons. The van der Waals surface area contributed by atoms with E-state index in [4.69, 9.17) is 4.74 Å². The second-order valence-electron chi connectivity index (χ2n) is 3.21. The summed E-state index contributed by atoms with van der Waals surface area (Å²) in [6.07, 6.45) is 3.44. The number of rotatable bonds is 3. The van der Waals surface area contributed by atoms with Crippen molar-refractivity contribution in [3.63, 3.8) is 0 Å². The van der Waals surface area contributed by atoms with Crippen molar-refractivity contribution in [2.45, 2.75) is 20.8 Å². The van der Waals surface area contributed by atoms with Crippen molar-refractivity contribution in [3.8, 4) is 0 Å². The van der Waals surface area contributed by atoms with Gasteiger partial charge in [-0.2, -0.15) is 0 Å². The Balaban J connectivity index is 2.95. The van der Waals surface area contributed by atoms with E-state index in [1.807, 2.05) is 19.1 Å². The molecule has 0 aromatic carbocycles. The molecule has 0 N–H and O–H groups in total. The van der Waals surface area contributed by atoms with Crippen molar-refractivity contribution in [1.82, 2.24) is 4.98 Å². The third kappa shape index (κ3) is 2.91. The largest absolute Gasteiger partial charge is 0.463 e. The van der Waals surface area contributed by atoms with Crippen molar-refractivity contribution in [2.24, 2.45) is 0 Å². The minimum atomic E-state index is -0.265. The Morgan fingerprint density at radius 3 is 2.73 bits per heavy atom. The molecule has 1 aromatic heterocycles. The predicted octanol–water partition coefficient (Wildman–Crippen LogP) is 2.44. The van der Waals surface area contributed by atoms with E-state index in [9.17, 15) is 4.79 Å². The van der Waals surface area contributed by atoms with E-state index in [1.165, 1.54) is 0 Å². The molecule has 0 spiro atoms. The van der Waals surface area contributed by atoms with E-state index in [2.05, 4.69) is 4.98 Å². The van der Waals surface area contributed by atoms with Crippen LogP contribution in [-0.4, -0.2) is 17.6 Å². The van der Waals surface area contributed by atoms with Gasteiger partial charge in [0, 0.05) is 18.0 Å². The summed E-state index contributed by atoms with van der Waals surface area (Å²) in [6.45, 7) is 5.85. The highest BCUT2D eigenvalue weighted by Crippen LogP contribution is 2.17. The summed E-state index contributed by atoms with van der Waals surface area (Å²) in [7, 11) is 0. The lowest BCUT2D eigenvalue weighted by atomic mass is 10.0. The highest BCUT2D eigenvalue weighted by Gasteiger charge is 2.09. The van der Waals surface area contributed by atoms with Gasteiger partial charge in [0.15, 0.2) is 0 Å². The Morgan fingerprint density at radius 2 is 2.20 bits per heavy atom. The van der Waals surface area contributed by atoms with Gasteiger partial charge in [-0.15, -0.1) is 0 Å². The third-order valence-corrected chi connectivity index (χ3v) is 2.24. The number of carbonyl (C=O) groups is 1. The van der Waals surface area contributed by atoms with Gasteiger partial charge in [0.1, 0.15) is 0 Å². The molecule has 1 heterocycles. The summed E-state index contributed by atoms with van der Waals surface area (Å²) >= 11 is 0. The summed E-state index contributed by atoms with van der Waals surface area (Å²) in [6, 6.07) is 3.77. The van der Waals surface area contributed by atoms with Crippen LogP contribution in [0.2, 0.25) is 0 Å². The van der Waals surface area contributed by atoms with Crippen LogP contribution in [0.5, 0.6) is 0 Å². The SMILES string of the molecule is CCOC(=O)/C(C)=C(\C)c1cccnc1. The topological polar surface area (TPSA) is 39.2 Å². The molecule has 0 fully saturated rings. The average Bonchev–Trinajstić information content (AvgIpc) is 2.28. The van der Waals surface area contributed by atoms with Crippen LogP contribution in [-0.2, 0) is 9.53 Å². The summed E-state index contributed by atoms with van der Waals surface area (Å²) in [4.78, 5) is 15.5. The van der Waals surface area contributed by atoms with Gasteiger partial charge in [-0.25, -0.2) is 4.79 Å². The first-order valence-corrected chi connectivity index (χ1v) is 4.91. The monoisotopic (exact) mass is 205 g/mol. The molecule has 0 bridgehead atoms. The second kappa shape index (κ2) is 5.29. The first-order chi connectivity index (χ1) is 7.16. The number of allylic oxidation sites excluding steroid dienone is 1. The molecule has 1 rings (SSSR count). The number of hydrogen-bond acceptors (Lipinski definition) is 3. The van der Waals surface area contributed by atoms with Gasteiger partial charge in [0.2, 0.25) is 0 Å². The Kier molecular flexibility index (Phi) is 4.03. The highest BCUT2D eigenvalue weighted by atomic mass is 16.5. The van der Waals surface area contributed by atoms with Crippen LogP contribution in [0.3, 0.4) is 0 Å². The summed E-state index contributed by atoms with van der Waals surface area (Å²) in [5, 5.41) is 0. The van der Waals surface area contributed by atoms with Crippen LogP contribution < -0.4 is 0 Å². The fourth-order valence-electron chi connectivity index (χ4n) is 1.19. The molecule has 1 aromatic rings. The Morgan fingerprint density at radius 1 is 1.47 bits per heavy atom. The van der Waals surface area contributed by atoms with Crippen LogP contribution >= 0.6 is 0 Å². The summed E-state index contributed by atoms with van der Waals surface area (Å²) in [5.41, 5.74) is 2.48. The van der Waals surface area contributed by atoms with Crippen LogP contribution in [0.25, 0.3) is 5.57 Å². The first-order valence-electron chi connectivity index (χ1n) is 4.91. The molecule has 0 saturated heterocycles. The lowest BCUT2D eigenvalue weighted by Crippen LogP contribution is -2.06. The van der Waals surface area contributed by atoms with E-state index in [-0.39, 0.29) is 5.97 Å². The van der Waals surface area contributed by atoms with Crippen molar-refractivity contribution in [3.05, 3.63) is 35.7 Å². The van der Waals surface area contributed by atoms with E-state index in [1.54, 1.807) is 26.2 Å². The average molecular weight is 205 g/mol. The van der Waals surface area contributed by atoms with E-state index >= 15 is 0 Å². The Labute approximate surface area is 89.8 Å². The number of ether oxygens (including phenoxy) is 1. The second-order valence-corrected chi connectivity index (χ2v) is 3.21. The van der Waals surface area contributed by atoms with Crippen molar-refractivity contribution < 1.29 is 9.53 Å². The number of aromatic nitrogens is 1. The highest BCUT2D eigenvalue weighted by molar-refractivity contribution is 5.96. The third-order valence-electron chi connectivity index (χ3n) is 2.24. The fourth-order valence-corrected chi connectivity index (χ4v) is 1.19. The normalized spacial score (nSPS) is 11.9. The molecule has 0 radical (unpaired) electrons. The number of esters is 1. The zero-order valence-electron chi connectivity index (χ0n) is 9.28. The van der Waals surface area contributed by atoms with Gasteiger partial charge in [0.25, 0.3) is 0 Å². The van der Waals surface area contributed by atoms with Crippen LogP contribution in [0.15, 0.2) is 30.1 Å². The maximum absolute atomic E-state index is 11.5. The zero-order chi connectivity index (χ0) is 11.3. The van der Waals surface area contributed by atoms with Crippen molar-refractivity contribution in [2.75, 3.05) is 6.61 Å². The van der Waals surface area contributed by atoms with E-state index in [0.29, 0.717) is 12.2 Å². The van der Waals surface area contributed by atoms with Gasteiger partial charge in [-0.05, 0) is 38.0 Å². The van der Waals surface area contributed by atoms with Gasteiger partial charge in [-0.3, -0.25) is 4.98 Å². The molecule has 15 heavy (non-hydrogen) atoms. The Bertz CT molecular complexity index is 368. The van der Waals surface area contributed by atoms with E-state index in [0.717, 1.165) is 11.1 Å². The summed E-state index contributed by atoms with van der Waals surface area (Å²) in [5.74, 6) is -0.265. The molecule has 0 amide bonds.